The third-order valence-electron chi connectivity index (χ3n) is 4.88. The molecule has 1 atom stereocenters. The summed E-state index contributed by atoms with van der Waals surface area (Å²) in [7, 11) is 1.73. The van der Waals surface area contributed by atoms with Crippen molar-refractivity contribution in [1.29, 1.82) is 0 Å². The summed E-state index contributed by atoms with van der Waals surface area (Å²) in [5.41, 5.74) is 2.57. The van der Waals surface area contributed by atoms with Gasteiger partial charge in [-0.3, -0.25) is 18.8 Å². The third-order valence-corrected chi connectivity index (χ3v) is 4.88. The van der Waals surface area contributed by atoms with Crippen molar-refractivity contribution in [3.05, 3.63) is 58.3 Å². The molecule has 3 aromatic rings. The van der Waals surface area contributed by atoms with E-state index >= 15 is 0 Å². The fraction of sp³-hybridized carbons (Fsp3) is 0.368. The van der Waals surface area contributed by atoms with Crippen molar-refractivity contribution in [2.45, 2.75) is 32.4 Å². The van der Waals surface area contributed by atoms with Gasteiger partial charge in [0.15, 0.2) is 5.65 Å². The zero-order chi connectivity index (χ0) is 18.3. The van der Waals surface area contributed by atoms with Gasteiger partial charge in [0.1, 0.15) is 18.3 Å². The summed E-state index contributed by atoms with van der Waals surface area (Å²) in [5.74, 6) is 0.284. The van der Waals surface area contributed by atoms with Crippen LogP contribution >= 0.6 is 0 Å². The second-order valence-corrected chi connectivity index (χ2v) is 6.98. The van der Waals surface area contributed by atoms with Crippen molar-refractivity contribution in [3.63, 3.8) is 0 Å². The van der Waals surface area contributed by atoms with Gasteiger partial charge in [-0.05, 0) is 31.2 Å². The van der Waals surface area contributed by atoms with Gasteiger partial charge in [-0.1, -0.05) is 29.8 Å². The SMILES string of the molecule is Cc1ccc(C(NC(=O)Cn2cnc3c(cnn3C)c2=O)C2CC2)cc1. The molecule has 1 unspecified atom stereocenters. The first-order chi connectivity index (χ1) is 12.5. The zero-order valence-corrected chi connectivity index (χ0v) is 14.8. The van der Waals surface area contributed by atoms with E-state index in [-0.39, 0.29) is 24.1 Å². The minimum atomic E-state index is -0.253. The largest absolute Gasteiger partial charge is 0.347 e. The zero-order valence-electron chi connectivity index (χ0n) is 14.8. The second-order valence-electron chi connectivity index (χ2n) is 6.98. The molecule has 0 bridgehead atoms. The van der Waals surface area contributed by atoms with Gasteiger partial charge >= 0.3 is 0 Å². The van der Waals surface area contributed by atoms with Crippen LogP contribution in [0.5, 0.6) is 0 Å². The molecule has 4 rings (SSSR count). The summed E-state index contributed by atoms with van der Waals surface area (Å²) in [6, 6.07) is 8.24. The highest BCUT2D eigenvalue weighted by atomic mass is 16.2. The number of benzene rings is 1. The fourth-order valence-corrected chi connectivity index (χ4v) is 3.23. The number of hydrogen-bond donors (Lipinski definition) is 1. The smallest absolute Gasteiger partial charge is 0.264 e. The van der Waals surface area contributed by atoms with Gasteiger partial charge in [0.2, 0.25) is 5.91 Å². The Morgan fingerprint density at radius 2 is 2.04 bits per heavy atom. The third kappa shape index (κ3) is 3.12. The van der Waals surface area contributed by atoms with Crippen LogP contribution in [0.1, 0.15) is 30.0 Å². The Morgan fingerprint density at radius 1 is 1.31 bits per heavy atom. The highest BCUT2D eigenvalue weighted by Gasteiger charge is 2.33. The van der Waals surface area contributed by atoms with E-state index in [9.17, 15) is 9.59 Å². The van der Waals surface area contributed by atoms with Crippen LogP contribution in [0.15, 0.2) is 41.6 Å². The van der Waals surface area contributed by atoms with Crippen LogP contribution in [0.3, 0.4) is 0 Å². The van der Waals surface area contributed by atoms with E-state index < -0.39 is 0 Å². The lowest BCUT2D eigenvalue weighted by Gasteiger charge is -2.19. The summed E-state index contributed by atoms with van der Waals surface area (Å²) in [6.07, 6.45) is 5.12. The predicted molar refractivity (Wildman–Crippen MR) is 97.6 cm³/mol. The molecular formula is C19H21N5O2. The number of rotatable bonds is 5. The monoisotopic (exact) mass is 351 g/mol. The normalized spacial score (nSPS) is 15.2. The first-order valence-corrected chi connectivity index (χ1v) is 8.76. The Hall–Kier alpha value is -2.96. The summed E-state index contributed by atoms with van der Waals surface area (Å²) >= 11 is 0. The molecule has 0 saturated heterocycles. The van der Waals surface area contributed by atoms with Crippen molar-refractivity contribution in [1.82, 2.24) is 24.6 Å². The van der Waals surface area contributed by atoms with Crippen LogP contribution in [0.25, 0.3) is 11.0 Å². The van der Waals surface area contributed by atoms with E-state index in [1.165, 1.54) is 22.7 Å². The second kappa shape index (κ2) is 6.40. The van der Waals surface area contributed by atoms with Gasteiger partial charge in [0, 0.05) is 7.05 Å². The number of nitrogens with zero attached hydrogens (tertiary/aromatic N) is 4. The van der Waals surface area contributed by atoms with E-state index in [0.717, 1.165) is 18.4 Å². The number of fused-ring (bicyclic) bond motifs is 1. The lowest BCUT2D eigenvalue weighted by atomic mass is 10.0. The fourth-order valence-electron chi connectivity index (χ4n) is 3.23. The van der Waals surface area contributed by atoms with Crippen molar-refractivity contribution in [2.75, 3.05) is 0 Å². The number of aryl methyl sites for hydroxylation is 2. The van der Waals surface area contributed by atoms with Gasteiger partial charge in [-0.2, -0.15) is 5.10 Å². The van der Waals surface area contributed by atoms with Crippen LogP contribution in [0, 0.1) is 12.8 Å². The maximum atomic E-state index is 12.6. The molecule has 1 aromatic carbocycles. The predicted octanol–water partition coefficient (Wildman–Crippen LogP) is 1.71. The van der Waals surface area contributed by atoms with Crippen LogP contribution in [0.2, 0.25) is 0 Å². The molecule has 0 aliphatic heterocycles. The molecule has 26 heavy (non-hydrogen) atoms. The lowest BCUT2D eigenvalue weighted by Crippen LogP contribution is -2.35. The lowest BCUT2D eigenvalue weighted by molar-refractivity contribution is -0.122. The van der Waals surface area contributed by atoms with Crippen molar-refractivity contribution in [2.24, 2.45) is 13.0 Å². The van der Waals surface area contributed by atoms with E-state index in [1.54, 1.807) is 11.7 Å². The summed E-state index contributed by atoms with van der Waals surface area (Å²) in [5, 5.41) is 7.56. The average Bonchev–Trinajstić information content (AvgIpc) is 3.39. The van der Waals surface area contributed by atoms with Crippen LogP contribution in [0.4, 0.5) is 0 Å². The Balaban J connectivity index is 1.53. The summed E-state index contributed by atoms with van der Waals surface area (Å²) < 4.78 is 2.88. The number of hydrogen-bond acceptors (Lipinski definition) is 4. The van der Waals surface area contributed by atoms with Gasteiger partial charge < -0.3 is 5.32 Å². The highest BCUT2D eigenvalue weighted by molar-refractivity contribution is 5.77. The molecule has 2 heterocycles. The van der Waals surface area contributed by atoms with Gasteiger partial charge in [-0.25, -0.2) is 4.98 Å². The Kier molecular flexibility index (Phi) is 4.06. The van der Waals surface area contributed by atoms with Crippen LogP contribution < -0.4 is 10.9 Å². The number of carbonyl (C=O) groups is 1. The number of aromatic nitrogens is 4. The quantitative estimate of drug-likeness (QED) is 0.759. The van der Waals surface area contributed by atoms with E-state index in [0.29, 0.717) is 17.0 Å². The van der Waals surface area contributed by atoms with Crippen molar-refractivity contribution < 1.29 is 4.79 Å². The molecule has 0 radical (unpaired) electrons. The Morgan fingerprint density at radius 3 is 2.73 bits per heavy atom. The van der Waals surface area contributed by atoms with E-state index in [4.69, 9.17) is 0 Å². The first kappa shape index (κ1) is 16.5. The van der Waals surface area contributed by atoms with Crippen molar-refractivity contribution >= 4 is 16.9 Å². The van der Waals surface area contributed by atoms with E-state index in [2.05, 4.69) is 39.7 Å². The van der Waals surface area contributed by atoms with Crippen molar-refractivity contribution in [3.8, 4) is 0 Å². The molecule has 1 N–H and O–H groups in total. The minimum absolute atomic E-state index is 0.00566. The van der Waals surface area contributed by atoms with Gasteiger partial charge in [0.05, 0.1) is 12.2 Å². The standard InChI is InChI=1S/C19H21N5O2/c1-12-3-5-13(6-4-12)17(14-7-8-14)22-16(25)10-24-11-20-18-15(19(24)26)9-21-23(18)2/h3-6,9,11,14,17H,7-8,10H2,1-2H3,(H,22,25). The highest BCUT2D eigenvalue weighted by Crippen LogP contribution is 2.41. The summed E-state index contributed by atoms with van der Waals surface area (Å²) in [6.45, 7) is 1.99. The average molecular weight is 351 g/mol. The number of carbonyl (C=O) groups excluding carboxylic acids is 1. The molecular weight excluding hydrogens is 330 g/mol. The number of nitrogens with one attached hydrogen (secondary N) is 1. The molecule has 7 heteroatoms. The van der Waals surface area contributed by atoms with Crippen LogP contribution in [-0.2, 0) is 18.4 Å². The molecule has 1 fully saturated rings. The Bertz CT molecular complexity index is 1010. The summed E-state index contributed by atoms with van der Waals surface area (Å²) in [4.78, 5) is 29.3. The topological polar surface area (TPSA) is 81.8 Å². The molecule has 0 spiro atoms. The Labute approximate surface area is 150 Å². The molecule has 1 aliphatic carbocycles. The van der Waals surface area contributed by atoms with E-state index in [1.807, 2.05) is 6.92 Å². The van der Waals surface area contributed by atoms with Crippen LogP contribution in [-0.4, -0.2) is 25.2 Å². The minimum Gasteiger partial charge on any atom is -0.347 e. The van der Waals surface area contributed by atoms with Gasteiger partial charge in [0.25, 0.3) is 5.56 Å². The first-order valence-electron chi connectivity index (χ1n) is 8.76. The molecule has 134 valence electrons. The maximum Gasteiger partial charge on any atom is 0.264 e. The van der Waals surface area contributed by atoms with Gasteiger partial charge in [-0.15, -0.1) is 0 Å². The number of amides is 1. The molecule has 1 amide bonds. The maximum absolute atomic E-state index is 12.6. The molecule has 1 aliphatic rings. The molecule has 1 saturated carbocycles. The molecule has 2 aromatic heterocycles. The molecule has 7 nitrogen and oxygen atoms in total.